The smallest absolute Gasteiger partial charge is 0.327 e. The summed E-state index contributed by atoms with van der Waals surface area (Å²) in [4.78, 5) is 24.6. The molecule has 1 atom stereocenters. The van der Waals surface area contributed by atoms with Crippen molar-refractivity contribution in [2.75, 3.05) is 13.7 Å². The predicted octanol–water partition coefficient (Wildman–Crippen LogP) is 1.06. The van der Waals surface area contributed by atoms with Gasteiger partial charge in [0.15, 0.2) is 5.92 Å². The van der Waals surface area contributed by atoms with Gasteiger partial charge in [-0.15, -0.1) is 0 Å². The molecule has 1 aliphatic rings. The minimum Gasteiger partial charge on any atom is -0.465 e. The number of rotatable bonds is 3. The van der Waals surface area contributed by atoms with Crippen LogP contribution >= 0.6 is 24.0 Å². The molecular formula is C10H10N2O3S2. The fourth-order valence-corrected chi connectivity index (χ4v) is 2.29. The zero-order valence-corrected chi connectivity index (χ0v) is 10.9. The summed E-state index contributed by atoms with van der Waals surface area (Å²) in [5, 5.41) is 8.84. The number of esters is 1. The number of hydrogen-bond donors (Lipinski definition) is 0. The zero-order chi connectivity index (χ0) is 13.0. The normalized spacial score (nSPS) is 19.4. The lowest BCUT2D eigenvalue weighted by Gasteiger charge is -2.05. The van der Waals surface area contributed by atoms with E-state index in [1.165, 1.54) is 11.0 Å². The SMILES string of the molecule is CCOC(=O)C(C#N)/C=C1\SC(=S)N(C)C1=O. The number of carbonyl (C=O) groups excluding carboxylic acids is 2. The van der Waals surface area contributed by atoms with Gasteiger partial charge in [-0.25, -0.2) is 0 Å². The van der Waals surface area contributed by atoms with Crippen LogP contribution in [0.15, 0.2) is 11.0 Å². The van der Waals surface area contributed by atoms with Gasteiger partial charge in [0.25, 0.3) is 5.91 Å². The van der Waals surface area contributed by atoms with Crippen LogP contribution in [-0.2, 0) is 14.3 Å². The number of nitrogens with zero attached hydrogens (tertiary/aromatic N) is 2. The summed E-state index contributed by atoms with van der Waals surface area (Å²) < 4.78 is 5.13. The van der Waals surface area contributed by atoms with E-state index in [0.29, 0.717) is 4.32 Å². The second kappa shape index (κ2) is 5.80. The minimum absolute atomic E-state index is 0.194. The van der Waals surface area contributed by atoms with Crippen LogP contribution in [0.5, 0.6) is 0 Å². The van der Waals surface area contributed by atoms with Crippen LogP contribution in [-0.4, -0.2) is 34.8 Å². The molecular weight excluding hydrogens is 260 g/mol. The molecule has 0 radical (unpaired) electrons. The standard InChI is InChI=1S/C10H10N2O3S2/c1-3-15-9(14)6(5-11)4-7-8(13)12(2)10(16)17-7/h4,6H,3H2,1-2H3/b7-4-. The summed E-state index contributed by atoms with van der Waals surface area (Å²) in [5.41, 5.74) is 0. The molecule has 0 aromatic rings. The van der Waals surface area contributed by atoms with Crippen molar-refractivity contribution in [3.05, 3.63) is 11.0 Å². The third-order valence-corrected chi connectivity index (χ3v) is 3.49. The van der Waals surface area contributed by atoms with Crippen LogP contribution in [0.2, 0.25) is 0 Å². The first-order valence-corrected chi connectivity index (χ1v) is 6.01. The predicted molar refractivity (Wildman–Crippen MR) is 66.8 cm³/mol. The zero-order valence-electron chi connectivity index (χ0n) is 9.30. The Morgan fingerprint density at radius 3 is 2.82 bits per heavy atom. The Balaban J connectivity index is 2.88. The molecule has 0 saturated carbocycles. The summed E-state index contributed by atoms with van der Waals surface area (Å²) in [7, 11) is 1.55. The molecule has 1 amide bonds. The lowest BCUT2D eigenvalue weighted by atomic mass is 10.1. The first-order valence-electron chi connectivity index (χ1n) is 4.79. The van der Waals surface area contributed by atoms with Crippen molar-refractivity contribution in [1.29, 1.82) is 5.26 Å². The van der Waals surface area contributed by atoms with E-state index in [4.69, 9.17) is 22.2 Å². The first-order chi connectivity index (χ1) is 8.01. The van der Waals surface area contributed by atoms with Crippen LogP contribution in [0.3, 0.4) is 0 Å². The molecule has 0 spiro atoms. The van der Waals surface area contributed by atoms with Crippen LogP contribution in [0, 0.1) is 17.2 Å². The van der Waals surface area contributed by atoms with Crippen molar-refractivity contribution in [3.8, 4) is 6.07 Å². The van der Waals surface area contributed by atoms with E-state index < -0.39 is 11.9 Å². The Morgan fingerprint density at radius 1 is 1.76 bits per heavy atom. The Bertz CT molecular complexity index is 439. The van der Waals surface area contributed by atoms with Gasteiger partial charge in [0.05, 0.1) is 17.6 Å². The largest absolute Gasteiger partial charge is 0.465 e. The van der Waals surface area contributed by atoms with Crippen LogP contribution in [0.1, 0.15) is 6.92 Å². The van der Waals surface area contributed by atoms with Crippen LogP contribution < -0.4 is 0 Å². The number of hydrogen-bond acceptors (Lipinski definition) is 6. The maximum atomic E-state index is 11.6. The van der Waals surface area contributed by atoms with E-state index in [9.17, 15) is 9.59 Å². The Labute approximate surface area is 108 Å². The number of thioether (sulfide) groups is 1. The molecule has 1 heterocycles. The van der Waals surface area contributed by atoms with Crippen molar-refractivity contribution in [3.63, 3.8) is 0 Å². The summed E-state index contributed by atoms with van der Waals surface area (Å²) in [5.74, 6) is -2.03. The molecule has 0 N–H and O–H groups in total. The Kier molecular flexibility index (Phi) is 4.66. The fourth-order valence-electron chi connectivity index (χ4n) is 1.10. The van der Waals surface area contributed by atoms with E-state index in [2.05, 4.69) is 0 Å². The Hall–Kier alpha value is -1.39. The monoisotopic (exact) mass is 270 g/mol. The van der Waals surface area contributed by atoms with Crippen molar-refractivity contribution in [1.82, 2.24) is 4.90 Å². The van der Waals surface area contributed by atoms with Crippen LogP contribution in [0.4, 0.5) is 0 Å². The number of thiocarbonyl (C=S) groups is 1. The number of carbonyl (C=O) groups is 2. The maximum Gasteiger partial charge on any atom is 0.327 e. The molecule has 0 aromatic carbocycles. The van der Waals surface area contributed by atoms with Gasteiger partial charge in [-0.05, 0) is 13.0 Å². The molecule has 7 heteroatoms. The highest BCUT2D eigenvalue weighted by molar-refractivity contribution is 8.26. The van der Waals surface area contributed by atoms with E-state index in [1.54, 1.807) is 20.0 Å². The minimum atomic E-state index is -1.07. The van der Waals surface area contributed by atoms with Gasteiger partial charge in [0.2, 0.25) is 0 Å². The molecule has 0 aromatic heterocycles. The first kappa shape index (κ1) is 13.7. The summed E-state index contributed by atoms with van der Waals surface area (Å²) in [6, 6.07) is 1.79. The molecule has 1 aliphatic heterocycles. The molecule has 0 bridgehead atoms. The average Bonchev–Trinajstić information content (AvgIpc) is 2.54. The van der Waals surface area contributed by atoms with E-state index in [1.807, 2.05) is 0 Å². The van der Waals surface area contributed by atoms with E-state index in [-0.39, 0.29) is 17.4 Å². The summed E-state index contributed by atoms with van der Waals surface area (Å²) in [6.07, 6.45) is 1.29. The molecule has 0 aliphatic carbocycles. The third kappa shape index (κ3) is 3.05. The number of amides is 1. The summed E-state index contributed by atoms with van der Waals surface area (Å²) >= 11 is 6.00. The van der Waals surface area contributed by atoms with Gasteiger partial charge in [0, 0.05) is 7.05 Å². The highest BCUT2D eigenvalue weighted by atomic mass is 32.2. The van der Waals surface area contributed by atoms with E-state index >= 15 is 0 Å². The topological polar surface area (TPSA) is 70.4 Å². The molecule has 17 heavy (non-hydrogen) atoms. The second-order valence-electron chi connectivity index (χ2n) is 3.12. The van der Waals surface area contributed by atoms with Gasteiger partial charge < -0.3 is 4.74 Å². The average molecular weight is 270 g/mol. The molecule has 1 saturated heterocycles. The van der Waals surface area contributed by atoms with Gasteiger partial charge in [0.1, 0.15) is 4.32 Å². The van der Waals surface area contributed by atoms with Gasteiger partial charge in [-0.3, -0.25) is 14.5 Å². The van der Waals surface area contributed by atoms with Gasteiger partial charge >= 0.3 is 5.97 Å². The highest BCUT2D eigenvalue weighted by Gasteiger charge is 2.31. The fraction of sp³-hybridized carbons (Fsp3) is 0.400. The lowest BCUT2D eigenvalue weighted by Crippen LogP contribution is -2.23. The van der Waals surface area contributed by atoms with Crippen molar-refractivity contribution < 1.29 is 14.3 Å². The van der Waals surface area contributed by atoms with Gasteiger partial charge in [-0.1, -0.05) is 24.0 Å². The number of ether oxygens (including phenoxy) is 1. The van der Waals surface area contributed by atoms with Crippen molar-refractivity contribution in [2.45, 2.75) is 6.92 Å². The summed E-state index contributed by atoms with van der Waals surface area (Å²) in [6.45, 7) is 1.84. The number of nitriles is 1. The van der Waals surface area contributed by atoms with Gasteiger partial charge in [-0.2, -0.15) is 5.26 Å². The lowest BCUT2D eigenvalue weighted by molar-refractivity contribution is -0.144. The maximum absolute atomic E-state index is 11.6. The quantitative estimate of drug-likeness (QED) is 0.434. The molecule has 1 unspecified atom stereocenters. The van der Waals surface area contributed by atoms with E-state index in [0.717, 1.165) is 11.8 Å². The molecule has 5 nitrogen and oxygen atoms in total. The van der Waals surface area contributed by atoms with Crippen molar-refractivity contribution in [2.24, 2.45) is 5.92 Å². The molecule has 1 fully saturated rings. The van der Waals surface area contributed by atoms with Crippen LogP contribution in [0.25, 0.3) is 0 Å². The van der Waals surface area contributed by atoms with Crippen molar-refractivity contribution >= 4 is 40.2 Å². The molecule has 1 rings (SSSR count). The third-order valence-electron chi connectivity index (χ3n) is 1.98. The second-order valence-corrected chi connectivity index (χ2v) is 4.80. The highest BCUT2D eigenvalue weighted by Crippen LogP contribution is 2.30. The molecule has 90 valence electrons. The Morgan fingerprint density at radius 2 is 2.41 bits per heavy atom. The number of likely N-dealkylation sites (N-methyl/N-ethyl adjacent to an activating group) is 1.